The van der Waals surface area contributed by atoms with Crippen molar-refractivity contribution in [1.29, 1.82) is 0 Å². The lowest BCUT2D eigenvalue weighted by atomic mass is 10.0. The van der Waals surface area contributed by atoms with Crippen molar-refractivity contribution in [2.45, 2.75) is 108 Å². The molecule has 0 unspecified atom stereocenters. The summed E-state index contributed by atoms with van der Waals surface area (Å²) >= 11 is 0. The van der Waals surface area contributed by atoms with Gasteiger partial charge in [0.05, 0.1) is 31.5 Å². The van der Waals surface area contributed by atoms with Gasteiger partial charge in [0.25, 0.3) is 0 Å². The van der Waals surface area contributed by atoms with E-state index in [1.165, 1.54) is 58.5 Å². The van der Waals surface area contributed by atoms with Gasteiger partial charge in [0, 0.05) is 12.8 Å². The Morgan fingerprint density at radius 2 is 1.39 bits per heavy atom. The molecule has 4 atom stereocenters. The van der Waals surface area contributed by atoms with Gasteiger partial charge >= 0.3 is 5.97 Å². The third kappa shape index (κ3) is 7.67. The van der Waals surface area contributed by atoms with E-state index in [0.717, 1.165) is 19.3 Å². The summed E-state index contributed by atoms with van der Waals surface area (Å²) in [6.45, 7) is 2.24. The van der Waals surface area contributed by atoms with Gasteiger partial charge in [-0.2, -0.15) is 0 Å². The maximum atomic E-state index is 11.0. The van der Waals surface area contributed by atoms with Crippen LogP contribution >= 0.6 is 0 Å². The second kappa shape index (κ2) is 10.3. The highest BCUT2D eigenvalue weighted by molar-refractivity contribution is 5.68. The maximum absolute atomic E-state index is 11.0. The first-order valence-corrected chi connectivity index (χ1v) is 9.62. The van der Waals surface area contributed by atoms with E-state index in [9.17, 15) is 4.79 Å². The highest BCUT2D eigenvalue weighted by Gasteiger charge is 2.47. The van der Waals surface area contributed by atoms with Gasteiger partial charge in [-0.05, 0) is 19.3 Å². The van der Waals surface area contributed by atoms with E-state index in [1.807, 2.05) is 0 Å². The predicted octanol–water partition coefficient (Wildman–Crippen LogP) is 4.40. The molecule has 2 heterocycles. The van der Waals surface area contributed by atoms with Crippen molar-refractivity contribution in [1.82, 2.24) is 0 Å². The molecular formula is C19H34O4. The van der Waals surface area contributed by atoms with Gasteiger partial charge < -0.3 is 14.2 Å². The lowest BCUT2D eigenvalue weighted by Crippen LogP contribution is -2.02. The Labute approximate surface area is 141 Å². The average Bonchev–Trinajstić information content (AvgIpc) is 3.46. The molecule has 0 amide bonds. The molecule has 2 saturated heterocycles. The lowest BCUT2D eigenvalue weighted by Gasteiger charge is -2.00. The second-order valence-electron chi connectivity index (χ2n) is 7.04. The Kier molecular flexibility index (Phi) is 8.38. The number of hydrogen-bond donors (Lipinski definition) is 0. The second-order valence-corrected chi connectivity index (χ2v) is 7.04. The van der Waals surface area contributed by atoms with E-state index < -0.39 is 0 Å². The monoisotopic (exact) mass is 326 g/mol. The van der Waals surface area contributed by atoms with Crippen molar-refractivity contribution >= 4 is 5.97 Å². The number of hydrogen-bond acceptors (Lipinski definition) is 4. The zero-order chi connectivity index (χ0) is 16.5. The molecular weight excluding hydrogens is 292 g/mol. The summed E-state index contributed by atoms with van der Waals surface area (Å²) < 4.78 is 16.2. The van der Waals surface area contributed by atoms with Crippen LogP contribution in [-0.4, -0.2) is 37.5 Å². The Bertz CT molecular complexity index is 344. The molecule has 0 aromatic rings. The zero-order valence-corrected chi connectivity index (χ0v) is 14.9. The molecule has 4 heteroatoms. The minimum Gasteiger partial charge on any atom is -0.469 e. The van der Waals surface area contributed by atoms with E-state index in [0.29, 0.717) is 30.8 Å². The van der Waals surface area contributed by atoms with Crippen LogP contribution in [0.3, 0.4) is 0 Å². The Hall–Kier alpha value is -0.610. The van der Waals surface area contributed by atoms with Crippen molar-refractivity contribution < 1.29 is 19.0 Å². The lowest BCUT2D eigenvalue weighted by molar-refractivity contribution is -0.140. The highest BCUT2D eigenvalue weighted by atomic mass is 16.6. The fourth-order valence-corrected chi connectivity index (χ4v) is 3.35. The molecule has 0 N–H and O–H groups in total. The minimum absolute atomic E-state index is 0.0884. The fourth-order valence-electron chi connectivity index (χ4n) is 3.35. The first kappa shape index (κ1) is 18.7. The molecule has 0 radical (unpaired) electrons. The summed E-state index contributed by atoms with van der Waals surface area (Å²) in [4.78, 5) is 11.0. The molecule has 2 fully saturated rings. The number of ether oxygens (including phenoxy) is 3. The number of methoxy groups -OCH3 is 1. The summed E-state index contributed by atoms with van der Waals surface area (Å²) in [6, 6.07) is 0. The van der Waals surface area contributed by atoms with Crippen LogP contribution in [0.4, 0.5) is 0 Å². The van der Waals surface area contributed by atoms with E-state index in [4.69, 9.17) is 9.47 Å². The third-order valence-corrected chi connectivity index (χ3v) is 5.03. The van der Waals surface area contributed by atoms with E-state index in [-0.39, 0.29) is 5.97 Å². The number of esters is 1. The standard InChI is InChI=1S/C19H34O4/c1-3-4-8-11-15-17(22-15)14-18-16(23-18)12-9-6-5-7-10-13-19(20)21-2/h15-18H,3-14H2,1-2H3/t15-,16+,17-,18+/m1/s1. The summed E-state index contributed by atoms with van der Waals surface area (Å²) in [7, 11) is 1.45. The SMILES string of the molecule is CCCCC[C@H]1O[C@@H]1C[C@@H]1O[C@H]1CCCCCCCC(=O)OC. The van der Waals surface area contributed by atoms with Crippen molar-refractivity contribution in [2.24, 2.45) is 0 Å². The summed E-state index contributed by atoms with van der Waals surface area (Å²) in [6.07, 6.45) is 15.8. The Balaban J connectivity index is 1.35. The average molecular weight is 326 g/mol. The van der Waals surface area contributed by atoms with Gasteiger partial charge in [0.1, 0.15) is 0 Å². The first-order valence-electron chi connectivity index (χ1n) is 9.62. The Morgan fingerprint density at radius 3 is 2.00 bits per heavy atom. The van der Waals surface area contributed by atoms with E-state index in [2.05, 4.69) is 11.7 Å². The van der Waals surface area contributed by atoms with Crippen LogP contribution in [0, 0.1) is 0 Å². The fraction of sp³-hybridized carbons (Fsp3) is 0.947. The number of unbranched alkanes of at least 4 members (excludes halogenated alkanes) is 6. The van der Waals surface area contributed by atoms with Gasteiger partial charge in [-0.1, -0.05) is 51.9 Å². The van der Waals surface area contributed by atoms with Crippen LogP contribution < -0.4 is 0 Å². The quantitative estimate of drug-likeness (QED) is 0.270. The number of rotatable bonds is 14. The summed E-state index contributed by atoms with van der Waals surface area (Å²) in [5.74, 6) is -0.0884. The first-order chi connectivity index (χ1) is 11.2. The van der Waals surface area contributed by atoms with Crippen molar-refractivity contribution in [3.05, 3.63) is 0 Å². The largest absolute Gasteiger partial charge is 0.469 e. The van der Waals surface area contributed by atoms with Gasteiger partial charge in [-0.3, -0.25) is 4.79 Å². The van der Waals surface area contributed by atoms with E-state index in [1.54, 1.807) is 0 Å². The number of carbonyl (C=O) groups excluding carboxylic acids is 1. The molecule has 0 aliphatic carbocycles. The number of epoxide rings is 2. The molecule has 2 rings (SSSR count). The molecule has 2 aliphatic heterocycles. The van der Waals surface area contributed by atoms with Gasteiger partial charge in [0.2, 0.25) is 0 Å². The zero-order valence-electron chi connectivity index (χ0n) is 14.9. The molecule has 23 heavy (non-hydrogen) atoms. The smallest absolute Gasteiger partial charge is 0.305 e. The molecule has 0 aromatic carbocycles. The van der Waals surface area contributed by atoms with E-state index >= 15 is 0 Å². The molecule has 0 spiro atoms. The molecule has 0 saturated carbocycles. The molecule has 134 valence electrons. The van der Waals surface area contributed by atoms with Crippen LogP contribution in [0.1, 0.15) is 84.0 Å². The summed E-state index contributed by atoms with van der Waals surface area (Å²) in [5, 5.41) is 0. The van der Waals surface area contributed by atoms with Crippen LogP contribution in [0.2, 0.25) is 0 Å². The van der Waals surface area contributed by atoms with Gasteiger partial charge in [-0.25, -0.2) is 0 Å². The predicted molar refractivity (Wildman–Crippen MR) is 90.4 cm³/mol. The van der Waals surface area contributed by atoms with Crippen molar-refractivity contribution in [3.8, 4) is 0 Å². The third-order valence-electron chi connectivity index (χ3n) is 5.03. The normalized spacial score (nSPS) is 28.6. The summed E-state index contributed by atoms with van der Waals surface area (Å²) in [5.41, 5.74) is 0. The molecule has 2 aliphatic rings. The van der Waals surface area contributed by atoms with Crippen LogP contribution in [0.25, 0.3) is 0 Å². The topological polar surface area (TPSA) is 51.4 Å². The Morgan fingerprint density at radius 1 is 0.826 bits per heavy atom. The van der Waals surface area contributed by atoms with Gasteiger partial charge in [-0.15, -0.1) is 0 Å². The molecule has 0 bridgehead atoms. The molecule has 4 nitrogen and oxygen atoms in total. The van der Waals surface area contributed by atoms with Crippen LogP contribution in [-0.2, 0) is 19.0 Å². The van der Waals surface area contributed by atoms with Crippen LogP contribution in [0.5, 0.6) is 0 Å². The maximum Gasteiger partial charge on any atom is 0.305 e. The van der Waals surface area contributed by atoms with Crippen molar-refractivity contribution in [2.75, 3.05) is 7.11 Å². The molecule has 0 aromatic heterocycles. The minimum atomic E-state index is -0.0884. The van der Waals surface area contributed by atoms with Gasteiger partial charge in [0.15, 0.2) is 0 Å². The van der Waals surface area contributed by atoms with Crippen LogP contribution in [0.15, 0.2) is 0 Å². The number of carbonyl (C=O) groups is 1. The highest BCUT2D eigenvalue weighted by Crippen LogP contribution is 2.39. The van der Waals surface area contributed by atoms with Crippen molar-refractivity contribution in [3.63, 3.8) is 0 Å².